The minimum absolute atomic E-state index is 0.276. The number of benzene rings is 2. The Labute approximate surface area is 142 Å². The minimum atomic E-state index is 0.276. The Balaban J connectivity index is 1.63. The molecule has 0 aromatic heterocycles. The maximum atomic E-state index is 8.70. The molecule has 0 radical (unpaired) electrons. The van der Waals surface area contributed by atoms with E-state index in [9.17, 15) is 0 Å². The lowest BCUT2D eigenvalue weighted by molar-refractivity contribution is 0.529. The Morgan fingerprint density at radius 2 is 1.96 bits per heavy atom. The van der Waals surface area contributed by atoms with Gasteiger partial charge in [-0.25, -0.2) is 0 Å². The molecule has 0 unspecified atom stereocenters. The van der Waals surface area contributed by atoms with Gasteiger partial charge in [-0.05, 0) is 60.3 Å². The van der Waals surface area contributed by atoms with Gasteiger partial charge in [0.25, 0.3) is 0 Å². The number of nitriles is 1. The molecule has 0 heterocycles. The number of fused-ring (bicyclic) bond motifs is 1. The topological polar surface area (TPSA) is 47.9 Å². The molecule has 1 aliphatic carbocycles. The van der Waals surface area contributed by atoms with Crippen molar-refractivity contribution in [3.8, 4) is 6.07 Å². The molecule has 1 aliphatic rings. The van der Waals surface area contributed by atoms with Crippen LogP contribution in [0.25, 0.3) is 0 Å². The molecule has 2 aromatic carbocycles. The molecule has 2 aromatic rings. The van der Waals surface area contributed by atoms with Crippen molar-refractivity contribution in [2.45, 2.75) is 31.7 Å². The monoisotopic (exact) mass is 321 g/mol. The fourth-order valence-electron chi connectivity index (χ4n) is 3.03. The second-order valence-electron chi connectivity index (χ2n) is 5.77. The smallest absolute Gasteiger partial charge is 0.171 e. The SMILES string of the molecule is N#CCc1ccc(NC(=S)N[C@@H]2CCCc3ccccc32)cc1. The summed E-state index contributed by atoms with van der Waals surface area (Å²) in [5.41, 5.74) is 4.72. The van der Waals surface area contributed by atoms with Crippen molar-refractivity contribution < 1.29 is 0 Å². The largest absolute Gasteiger partial charge is 0.356 e. The molecule has 0 spiro atoms. The number of aryl methyl sites for hydroxylation is 1. The first-order valence-corrected chi connectivity index (χ1v) is 8.28. The standard InChI is InChI=1S/C19H19N3S/c20-13-12-14-8-10-16(11-9-14)21-19(23)22-18-7-3-5-15-4-1-2-6-17(15)18/h1-2,4,6,8-11,18H,3,5,7,12H2,(H2,21,22,23)/t18-/m1/s1. The Morgan fingerprint density at radius 3 is 2.74 bits per heavy atom. The van der Waals surface area contributed by atoms with Gasteiger partial charge in [0.1, 0.15) is 0 Å². The van der Waals surface area contributed by atoms with Gasteiger partial charge in [0, 0.05) is 5.69 Å². The van der Waals surface area contributed by atoms with Gasteiger partial charge in [0.2, 0.25) is 0 Å². The molecule has 0 saturated heterocycles. The van der Waals surface area contributed by atoms with Crippen LogP contribution in [0.1, 0.15) is 35.6 Å². The van der Waals surface area contributed by atoms with E-state index >= 15 is 0 Å². The maximum Gasteiger partial charge on any atom is 0.171 e. The van der Waals surface area contributed by atoms with Gasteiger partial charge in [-0.15, -0.1) is 0 Å². The van der Waals surface area contributed by atoms with E-state index in [1.165, 1.54) is 17.5 Å². The molecule has 0 fully saturated rings. The van der Waals surface area contributed by atoms with Gasteiger partial charge < -0.3 is 10.6 Å². The number of nitrogens with one attached hydrogen (secondary N) is 2. The van der Waals surface area contributed by atoms with Crippen LogP contribution in [-0.2, 0) is 12.8 Å². The van der Waals surface area contributed by atoms with Crippen LogP contribution in [0.4, 0.5) is 5.69 Å². The third kappa shape index (κ3) is 3.88. The lowest BCUT2D eigenvalue weighted by Crippen LogP contribution is -2.34. The minimum Gasteiger partial charge on any atom is -0.356 e. The molecule has 1 atom stereocenters. The van der Waals surface area contributed by atoms with Crippen LogP contribution in [-0.4, -0.2) is 5.11 Å². The summed E-state index contributed by atoms with van der Waals surface area (Å²) in [6, 6.07) is 18.8. The molecule has 3 nitrogen and oxygen atoms in total. The first-order valence-electron chi connectivity index (χ1n) is 7.87. The van der Waals surface area contributed by atoms with Gasteiger partial charge >= 0.3 is 0 Å². The predicted molar refractivity (Wildman–Crippen MR) is 97.2 cm³/mol. The van der Waals surface area contributed by atoms with Crippen LogP contribution in [0, 0.1) is 11.3 Å². The lowest BCUT2D eigenvalue weighted by Gasteiger charge is -2.27. The summed E-state index contributed by atoms with van der Waals surface area (Å²) < 4.78 is 0. The van der Waals surface area contributed by atoms with Crippen molar-refractivity contribution in [3.05, 3.63) is 65.2 Å². The zero-order valence-electron chi connectivity index (χ0n) is 12.9. The van der Waals surface area contributed by atoms with Crippen LogP contribution in [0.2, 0.25) is 0 Å². The van der Waals surface area contributed by atoms with Crippen LogP contribution in [0.3, 0.4) is 0 Å². The third-order valence-electron chi connectivity index (χ3n) is 4.17. The van der Waals surface area contributed by atoms with E-state index < -0.39 is 0 Å². The molecule has 23 heavy (non-hydrogen) atoms. The van der Waals surface area contributed by atoms with Crippen molar-refractivity contribution in [1.82, 2.24) is 5.32 Å². The molecule has 0 aliphatic heterocycles. The summed E-state index contributed by atoms with van der Waals surface area (Å²) in [6.07, 6.45) is 3.86. The Bertz CT molecular complexity index is 731. The van der Waals surface area contributed by atoms with E-state index in [4.69, 9.17) is 17.5 Å². The highest BCUT2D eigenvalue weighted by atomic mass is 32.1. The van der Waals surface area contributed by atoms with Crippen molar-refractivity contribution in [2.24, 2.45) is 0 Å². The average molecular weight is 321 g/mol. The Morgan fingerprint density at radius 1 is 1.17 bits per heavy atom. The lowest BCUT2D eigenvalue weighted by atomic mass is 9.88. The van der Waals surface area contributed by atoms with Crippen LogP contribution < -0.4 is 10.6 Å². The quantitative estimate of drug-likeness (QED) is 0.835. The van der Waals surface area contributed by atoms with E-state index in [2.05, 4.69) is 41.0 Å². The van der Waals surface area contributed by atoms with Crippen LogP contribution in [0.15, 0.2) is 48.5 Å². The summed E-state index contributed by atoms with van der Waals surface area (Å²) in [4.78, 5) is 0. The van der Waals surface area contributed by atoms with E-state index in [0.717, 1.165) is 24.1 Å². The van der Waals surface area contributed by atoms with Gasteiger partial charge in [0.05, 0.1) is 18.5 Å². The van der Waals surface area contributed by atoms with Gasteiger partial charge in [-0.3, -0.25) is 0 Å². The molecule has 0 bridgehead atoms. The van der Waals surface area contributed by atoms with E-state index in [1.807, 2.05) is 24.3 Å². The normalized spacial score (nSPS) is 16.0. The molecule has 0 amide bonds. The number of anilines is 1. The number of hydrogen-bond donors (Lipinski definition) is 2. The maximum absolute atomic E-state index is 8.70. The van der Waals surface area contributed by atoms with Gasteiger partial charge in [-0.2, -0.15) is 5.26 Å². The fourth-order valence-corrected chi connectivity index (χ4v) is 3.29. The van der Waals surface area contributed by atoms with Gasteiger partial charge in [0.15, 0.2) is 5.11 Å². The van der Waals surface area contributed by atoms with Crippen molar-refractivity contribution in [2.75, 3.05) is 5.32 Å². The predicted octanol–water partition coefficient (Wildman–Crippen LogP) is 4.12. The number of hydrogen-bond acceptors (Lipinski definition) is 2. The van der Waals surface area contributed by atoms with Crippen molar-refractivity contribution >= 4 is 23.0 Å². The zero-order valence-corrected chi connectivity index (χ0v) is 13.7. The summed E-state index contributed by atoms with van der Waals surface area (Å²) in [5.74, 6) is 0. The molecular formula is C19H19N3S. The molecular weight excluding hydrogens is 302 g/mol. The highest BCUT2D eigenvalue weighted by Crippen LogP contribution is 2.29. The van der Waals surface area contributed by atoms with Gasteiger partial charge in [-0.1, -0.05) is 36.4 Å². The molecule has 3 rings (SSSR count). The third-order valence-corrected chi connectivity index (χ3v) is 4.39. The highest BCUT2D eigenvalue weighted by Gasteiger charge is 2.20. The Kier molecular flexibility index (Phi) is 4.89. The van der Waals surface area contributed by atoms with Crippen molar-refractivity contribution in [3.63, 3.8) is 0 Å². The van der Waals surface area contributed by atoms with Crippen molar-refractivity contribution in [1.29, 1.82) is 5.26 Å². The molecule has 116 valence electrons. The van der Waals surface area contributed by atoms with E-state index in [1.54, 1.807) is 0 Å². The summed E-state index contributed by atoms with van der Waals surface area (Å²) in [7, 11) is 0. The fraction of sp³-hybridized carbons (Fsp3) is 0.263. The average Bonchev–Trinajstić information content (AvgIpc) is 2.57. The summed E-state index contributed by atoms with van der Waals surface area (Å²) >= 11 is 5.46. The Hall–Kier alpha value is -2.38. The molecule has 2 N–H and O–H groups in total. The van der Waals surface area contributed by atoms with Crippen LogP contribution in [0.5, 0.6) is 0 Å². The molecule has 0 saturated carbocycles. The first-order chi connectivity index (χ1) is 11.3. The van der Waals surface area contributed by atoms with E-state index in [-0.39, 0.29) is 6.04 Å². The highest BCUT2D eigenvalue weighted by molar-refractivity contribution is 7.80. The summed E-state index contributed by atoms with van der Waals surface area (Å²) in [6.45, 7) is 0. The number of thiocarbonyl (C=S) groups is 1. The number of nitrogens with zero attached hydrogens (tertiary/aromatic N) is 1. The number of rotatable bonds is 3. The van der Waals surface area contributed by atoms with Crippen LogP contribution >= 0.6 is 12.2 Å². The zero-order chi connectivity index (χ0) is 16.1. The second-order valence-corrected chi connectivity index (χ2v) is 6.18. The van der Waals surface area contributed by atoms with E-state index in [0.29, 0.717) is 11.5 Å². The second kappa shape index (κ2) is 7.26. The molecule has 4 heteroatoms. The first kappa shape index (κ1) is 15.5. The summed E-state index contributed by atoms with van der Waals surface area (Å²) in [5, 5.41) is 16.0.